The molecule has 0 saturated carbocycles. The van der Waals surface area contributed by atoms with Crippen LogP contribution in [0.3, 0.4) is 0 Å². The maximum Gasteiger partial charge on any atom is 0.325 e. The molecule has 17 heavy (non-hydrogen) atoms. The number of carbonyl (C=O) groups excluding carboxylic acids is 2. The summed E-state index contributed by atoms with van der Waals surface area (Å²) in [5.74, 6) is -2.42. The monoisotopic (exact) mass is 240 g/mol. The van der Waals surface area contributed by atoms with Gasteiger partial charge >= 0.3 is 6.03 Å². The van der Waals surface area contributed by atoms with Crippen LogP contribution in [0.2, 0.25) is 0 Å². The normalized spacial score (nSPS) is 24.1. The number of hydrogen-bond acceptors (Lipinski definition) is 2. The first kappa shape index (κ1) is 11.5. The smallest absolute Gasteiger partial charge is 0.319 e. The summed E-state index contributed by atoms with van der Waals surface area (Å²) < 4.78 is 27.2. The van der Waals surface area contributed by atoms with E-state index < -0.39 is 34.7 Å². The first-order valence-electron chi connectivity index (χ1n) is 4.92. The van der Waals surface area contributed by atoms with Crippen molar-refractivity contribution in [1.82, 2.24) is 10.2 Å². The van der Waals surface area contributed by atoms with Crippen LogP contribution in [0.25, 0.3) is 0 Å². The summed E-state index contributed by atoms with van der Waals surface area (Å²) >= 11 is 0. The van der Waals surface area contributed by atoms with Crippen LogP contribution < -0.4 is 5.32 Å². The van der Waals surface area contributed by atoms with Crippen LogP contribution in [0.15, 0.2) is 18.2 Å². The maximum atomic E-state index is 13.6. The third-order valence-corrected chi connectivity index (χ3v) is 2.86. The standard InChI is InChI=1S/C11H10F2N2O2/c1-11(9(16)15(2)10(17)14-11)8-6(12)4-3-5-7(8)13/h3-5H,1-2H3,(H,14,17). The van der Waals surface area contributed by atoms with Gasteiger partial charge in [-0.25, -0.2) is 13.6 Å². The quantitative estimate of drug-likeness (QED) is 0.753. The van der Waals surface area contributed by atoms with E-state index >= 15 is 0 Å². The average molecular weight is 240 g/mol. The van der Waals surface area contributed by atoms with Crippen LogP contribution in [-0.2, 0) is 10.3 Å². The van der Waals surface area contributed by atoms with Gasteiger partial charge in [-0.3, -0.25) is 9.69 Å². The predicted molar refractivity (Wildman–Crippen MR) is 55.0 cm³/mol. The van der Waals surface area contributed by atoms with Gasteiger partial charge in [0.15, 0.2) is 0 Å². The fraction of sp³-hybridized carbons (Fsp3) is 0.273. The van der Waals surface area contributed by atoms with E-state index in [1.165, 1.54) is 20.0 Å². The summed E-state index contributed by atoms with van der Waals surface area (Å²) in [4.78, 5) is 24.0. The molecular weight excluding hydrogens is 230 g/mol. The number of amides is 3. The largest absolute Gasteiger partial charge is 0.325 e. The molecule has 0 aliphatic carbocycles. The Morgan fingerprint density at radius 1 is 1.24 bits per heavy atom. The lowest BCUT2D eigenvalue weighted by atomic mass is 9.91. The Balaban J connectivity index is 2.61. The summed E-state index contributed by atoms with van der Waals surface area (Å²) in [6, 6.07) is 2.60. The average Bonchev–Trinajstić information content (AvgIpc) is 2.43. The minimum absolute atomic E-state index is 0.442. The number of likely N-dealkylation sites (N-methyl/N-ethyl adjacent to an activating group) is 1. The van der Waals surface area contributed by atoms with Crippen LogP contribution in [-0.4, -0.2) is 23.9 Å². The lowest BCUT2D eigenvalue weighted by molar-refractivity contribution is -0.130. The van der Waals surface area contributed by atoms with Crippen LogP contribution in [0, 0.1) is 11.6 Å². The van der Waals surface area contributed by atoms with Gasteiger partial charge in [-0.15, -0.1) is 0 Å². The Hall–Kier alpha value is -1.98. The van der Waals surface area contributed by atoms with Gasteiger partial charge in [0.25, 0.3) is 5.91 Å². The van der Waals surface area contributed by atoms with Gasteiger partial charge in [0.05, 0.1) is 5.56 Å². The summed E-state index contributed by atoms with van der Waals surface area (Å²) in [5.41, 5.74) is -2.14. The van der Waals surface area contributed by atoms with Gasteiger partial charge < -0.3 is 5.32 Å². The second kappa shape index (κ2) is 3.51. The Labute approximate surface area is 96.2 Å². The molecule has 1 aromatic carbocycles. The highest BCUT2D eigenvalue weighted by atomic mass is 19.1. The number of nitrogens with zero attached hydrogens (tertiary/aromatic N) is 1. The van der Waals surface area contributed by atoms with E-state index in [0.29, 0.717) is 0 Å². The number of halogens is 2. The molecular formula is C11H10F2N2O2. The number of carbonyl (C=O) groups is 2. The molecule has 2 rings (SSSR count). The molecule has 1 atom stereocenters. The molecule has 0 radical (unpaired) electrons. The highest BCUT2D eigenvalue weighted by Gasteiger charge is 2.50. The molecule has 1 fully saturated rings. The van der Waals surface area contributed by atoms with Gasteiger partial charge in [0, 0.05) is 7.05 Å². The number of nitrogens with one attached hydrogen (secondary N) is 1. The van der Waals surface area contributed by atoms with Crippen molar-refractivity contribution < 1.29 is 18.4 Å². The molecule has 3 amide bonds. The molecule has 0 bridgehead atoms. The molecule has 6 heteroatoms. The van der Waals surface area contributed by atoms with Crippen molar-refractivity contribution in [3.63, 3.8) is 0 Å². The van der Waals surface area contributed by atoms with Crippen molar-refractivity contribution in [2.45, 2.75) is 12.5 Å². The van der Waals surface area contributed by atoms with E-state index in [1.807, 2.05) is 0 Å². The molecule has 0 aromatic heterocycles. The van der Waals surface area contributed by atoms with Gasteiger partial charge in [-0.05, 0) is 19.1 Å². The molecule has 1 saturated heterocycles. The van der Waals surface area contributed by atoms with Crippen LogP contribution in [0.5, 0.6) is 0 Å². The van der Waals surface area contributed by atoms with Crippen LogP contribution in [0.1, 0.15) is 12.5 Å². The summed E-state index contributed by atoms with van der Waals surface area (Å²) in [7, 11) is 1.25. The first-order valence-corrected chi connectivity index (χ1v) is 4.92. The van der Waals surface area contributed by atoms with E-state index in [2.05, 4.69) is 5.32 Å². The van der Waals surface area contributed by atoms with Gasteiger partial charge in [-0.2, -0.15) is 0 Å². The minimum Gasteiger partial charge on any atom is -0.319 e. The highest BCUT2D eigenvalue weighted by molar-refractivity contribution is 6.06. The lowest BCUT2D eigenvalue weighted by Gasteiger charge is -2.22. The molecule has 0 spiro atoms. The molecule has 1 aliphatic rings. The summed E-state index contributed by atoms with van der Waals surface area (Å²) in [6.07, 6.45) is 0. The second-order valence-electron chi connectivity index (χ2n) is 4.02. The van der Waals surface area contributed by atoms with Crippen LogP contribution in [0.4, 0.5) is 13.6 Å². The number of benzene rings is 1. The van der Waals surface area contributed by atoms with Crippen molar-refractivity contribution in [3.05, 3.63) is 35.4 Å². The van der Waals surface area contributed by atoms with E-state index in [4.69, 9.17) is 0 Å². The van der Waals surface area contributed by atoms with Gasteiger partial charge in [-0.1, -0.05) is 6.07 Å². The Kier molecular flexibility index (Phi) is 2.38. The fourth-order valence-corrected chi connectivity index (χ4v) is 1.92. The van der Waals surface area contributed by atoms with Crippen molar-refractivity contribution >= 4 is 11.9 Å². The zero-order valence-corrected chi connectivity index (χ0v) is 9.25. The van der Waals surface area contributed by atoms with Gasteiger partial charge in [0.1, 0.15) is 17.2 Å². The van der Waals surface area contributed by atoms with E-state index in [1.54, 1.807) is 0 Å². The fourth-order valence-electron chi connectivity index (χ4n) is 1.92. The SMILES string of the molecule is CN1C(=O)NC(C)(c2c(F)cccc2F)C1=O. The van der Waals surface area contributed by atoms with Crippen molar-refractivity contribution in [2.75, 3.05) is 7.05 Å². The lowest BCUT2D eigenvalue weighted by Crippen LogP contribution is -2.42. The minimum atomic E-state index is -1.69. The molecule has 1 N–H and O–H groups in total. The molecule has 1 aromatic rings. The Morgan fingerprint density at radius 2 is 1.76 bits per heavy atom. The topological polar surface area (TPSA) is 49.4 Å². The second-order valence-corrected chi connectivity index (χ2v) is 4.02. The molecule has 90 valence electrons. The maximum absolute atomic E-state index is 13.6. The molecule has 1 unspecified atom stereocenters. The number of urea groups is 1. The van der Waals surface area contributed by atoms with Crippen LogP contribution >= 0.6 is 0 Å². The van der Waals surface area contributed by atoms with Crippen molar-refractivity contribution in [1.29, 1.82) is 0 Å². The molecule has 1 aliphatic heterocycles. The van der Waals surface area contributed by atoms with E-state index in [-0.39, 0.29) is 0 Å². The highest BCUT2D eigenvalue weighted by Crippen LogP contribution is 2.31. The number of hydrogen-bond donors (Lipinski definition) is 1. The number of rotatable bonds is 1. The first-order chi connectivity index (χ1) is 7.88. The predicted octanol–water partition coefficient (Wildman–Crippen LogP) is 1.36. The summed E-state index contributed by atoms with van der Waals surface area (Å²) in [5, 5.41) is 2.29. The van der Waals surface area contributed by atoms with E-state index in [0.717, 1.165) is 17.0 Å². The number of imide groups is 1. The zero-order chi connectivity index (χ0) is 12.8. The Bertz CT molecular complexity index is 498. The molecule has 1 heterocycles. The summed E-state index contributed by atoms with van der Waals surface area (Å²) in [6.45, 7) is 1.28. The van der Waals surface area contributed by atoms with E-state index in [9.17, 15) is 18.4 Å². The molecule has 4 nitrogen and oxygen atoms in total. The third kappa shape index (κ3) is 1.48. The van der Waals surface area contributed by atoms with Crippen molar-refractivity contribution in [3.8, 4) is 0 Å². The third-order valence-electron chi connectivity index (χ3n) is 2.86. The van der Waals surface area contributed by atoms with Crippen molar-refractivity contribution in [2.24, 2.45) is 0 Å². The Morgan fingerprint density at radius 3 is 2.18 bits per heavy atom. The zero-order valence-electron chi connectivity index (χ0n) is 9.25. The van der Waals surface area contributed by atoms with Gasteiger partial charge in [0.2, 0.25) is 0 Å².